The van der Waals surface area contributed by atoms with E-state index in [4.69, 9.17) is 0 Å². The Balaban J connectivity index is 2.39. The first-order valence-corrected chi connectivity index (χ1v) is 7.90. The van der Waals surface area contributed by atoms with Gasteiger partial charge in [0.2, 0.25) is 0 Å². The van der Waals surface area contributed by atoms with Crippen LogP contribution in [0.4, 0.5) is 14.5 Å². The molecular weight excluding hydrogens is 328 g/mol. The van der Waals surface area contributed by atoms with E-state index in [2.05, 4.69) is 9.46 Å². The second-order valence-corrected chi connectivity index (χ2v) is 6.39. The van der Waals surface area contributed by atoms with E-state index >= 15 is 0 Å². The van der Waals surface area contributed by atoms with E-state index in [-0.39, 0.29) is 16.1 Å². The number of carbonyl (C=O) groups excluding carboxylic acids is 1. The van der Waals surface area contributed by atoms with Gasteiger partial charge >= 0.3 is 5.97 Å². The second-order valence-electron chi connectivity index (χ2n) is 4.70. The normalized spacial score (nSPS) is 11.1. The molecule has 0 aliphatic carbocycles. The van der Waals surface area contributed by atoms with Gasteiger partial charge in [0.05, 0.1) is 23.3 Å². The van der Waals surface area contributed by atoms with Crippen LogP contribution in [0.2, 0.25) is 0 Å². The zero-order valence-corrected chi connectivity index (χ0v) is 13.1. The minimum atomic E-state index is -4.07. The Hall–Kier alpha value is -2.48. The van der Waals surface area contributed by atoms with Crippen molar-refractivity contribution in [3.63, 3.8) is 0 Å². The van der Waals surface area contributed by atoms with E-state index in [1.54, 1.807) is 6.92 Å². The summed E-state index contributed by atoms with van der Waals surface area (Å²) < 4.78 is 57.3. The number of carbonyl (C=O) groups is 1. The number of rotatable bonds is 4. The van der Waals surface area contributed by atoms with Gasteiger partial charge in [0.15, 0.2) is 11.6 Å². The molecular formula is C15H13F2NO4S. The lowest BCUT2D eigenvalue weighted by Gasteiger charge is -2.10. The van der Waals surface area contributed by atoms with Gasteiger partial charge in [-0.1, -0.05) is 6.07 Å². The Kier molecular flexibility index (Phi) is 4.65. The third-order valence-electron chi connectivity index (χ3n) is 3.10. The van der Waals surface area contributed by atoms with Crippen molar-refractivity contribution in [1.29, 1.82) is 0 Å². The average molecular weight is 341 g/mol. The Morgan fingerprint density at radius 3 is 2.39 bits per heavy atom. The predicted octanol–water partition coefficient (Wildman–Crippen LogP) is 2.86. The molecule has 0 aromatic heterocycles. The van der Waals surface area contributed by atoms with Crippen LogP contribution in [0.15, 0.2) is 41.3 Å². The summed E-state index contributed by atoms with van der Waals surface area (Å²) in [6, 6.07) is 6.52. The maximum atomic E-state index is 13.2. The number of esters is 1. The first-order chi connectivity index (χ1) is 10.7. The molecule has 0 aliphatic rings. The lowest BCUT2D eigenvalue weighted by molar-refractivity contribution is 0.0599. The quantitative estimate of drug-likeness (QED) is 0.868. The van der Waals surface area contributed by atoms with Gasteiger partial charge in [-0.05, 0) is 36.8 Å². The summed E-state index contributed by atoms with van der Waals surface area (Å²) in [4.78, 5) is 11.4. The molecule has 0 unspecified atom stereocenters. The molecule has 0 radical (unpaired) electrons. The minimum Gasteiger partial charge on any atom is -0.465 e. The number of anilines is 1. The summed E-state index contributed by atoms with van der Waals surface area (Å²) >= 11 is 0. The summed E-state index contributed by atoms with van der Waals surface area (Å²) in [5.41, 5.74) is 0.508. The maximum Gasteiger partial charge on any atom is 0.338 e. The summed E-state index contributed by atoms with van der Waals surface area (Å²) in [6.45, 7) is 1.63. The number of hydrogen-bond donors (Lipinski definition) is 1. The van der Waals surface area contributed by atoms with E-state index in [9.17, 15) is 22.0 Å². The number of hydrogen-bond acceptors (Lipinski definition) is 4. The molecule has 0 saturated carbocycles. The number of methoxy groups -OCH3 is 1. The summed E-state index contributed by atoms with van der Waals surface area (Å²) in [6.07, 6.45) is 0. The van der Waals surface area contributed by atoms with Crippen LogP contribution in [0.3, 0.4) is 0 Å². The van der Waals surface area contributed by atoms with Crippen LogP contribution in [0.25, 0.3) is 0 Å². The summed E-state index contributed by atoms with van der Waals surface area (Å²) in [5, 5.41) is 0. The maximum absolute atomic E-state index is 13.2. The molecule has 0 saturated heterocycles. The fourth-order valence-electron chi connectivity index (χ4n) is 1.87. The van der Waals surface area contributed by atoms with Crippen molar-refractivity contribution in [1.82, 2.24) is 0 Å². The van der Waals surface area contributed by atoms with Crippen LogP contribution in [0, 0.1) is 18.6 Å². The van der Waals surface area contributed by atoms with E-state index in [0.717, 1.165) is 24.3 Å². The standard InChI is InChI=1S/C15H13F2NO4S/c1-9-3-5-11(8-12(9)15(19)22-2)23(20,21)18-10-4-6-13(16)14(17)7-10/h3-8,18H,1-2H3. The van der Waals surface area contributed by atoms with E-state index in [1.807, 2.05) is 0 Å². The molecule has 0 spiro atoms. The Morgan fingerprint density at radius 1 is 1.09 bits per heavy atom. The summed E-state index contributed by atoms with van der Waals surface area (Å²) in [7, 11) is -2.89. The van der Waals surface area contributed by atoms with E-state index in [0.29, 0.717) is 5.56 Å². The molecule has 0 bridgehead atoms. The highest BCUT2D eigenvalue weighted by Gasteiger charge is 2.19. The monoisotopic (exact) mass is 341 g/mol. The topological polar surface area (TPSA) is 72.5 Å². The van der Waals surface area contributed by atoms with E-state index in [1.165, 1.54) is 19.2 Å². The van der Waals surface area contributed by atoms with Crippen LogP contribution in [0.1, 0.15) is 15.9 Å². The molecule has 1 N–H and O–H groups in total. The van der Waals surface area contributed by atoms with Gasteiger partial charge in [-0.25, -0.2) is 22.0 Å². The van der Waals surface area contributed by atoms with Crippen molar-refractivity contribution < 1.29 is 26.7 Å². The molecule has 0 amide bonds. The molecule has 0 heterocycles. The molecule has 8 heteroatoms. The van der Waals surface area contributed by atoms with Crippen LogP contribution in [-0.4, -0.2) is 21.5 Å². The van der Waals surface area contributed by atoms with Crippen molar-refractivity contribution in [3.05, 3.63) is 59.2 Å². The molecule has 0 fully saturated rings. The van der Waals surface area contributed by atoms with Gasteiger partial charge in [0, 0.05) is 6.07 Å². The average Bonchev–Trinajstić information content (AvgIpc) is 2.50. The Bertz CT molecular complexity index is 866. The highest BCUT2D eigenvalue weighted by Crippen LogP contribution is 2.21. The van der Waals surface area contributed by atoms with Crippen LogP contribution in [0.5, 0.6) is 0 Å². The van der Waals surface area contributed by atoms with Crippen molar-refractivity contribution in [2.75, 3.05) is 11.8 Å². The Labute approximate surface area is 132 Å². The number of nitrogens with one attached hydrogen (secondary N) is 1. The molecule has 2 aromatic rings. The van der Waals surface area contributed by atoms with Gasteiger partial charge in [-0.3, -0.25) is 4.72 Å². The van der Waals surface area contributed by atoms with Gasteiger partial charge in [-0.2, -0.15) is 0 Å². The van der Waals surface area contributed by atoms with Crippen LogP contribution >= 0.6 is 0 Å². The molecule has 5 nitrogen and oxygen atoms in total. The first kappa shape index (κ1) is 16.9. The van der Waals surface area contributed by atoms with Crippen molar-refractivity contribution in [2.45, 2.75) is 11.8 Å². The number of benzene rings is 2. The van der Waals surface area contributed by atoms with Gasteiger partial charge in [0.1, 0.15) is 0 Å². The van der Waals surface area contributed by atoms with E-state index < -0.39 is 27.6 Å². The van der Waals surface area contributed by atoms with Gasteiger partial charge in [0.25, 0.3) is 10.0 Å². The fraction of sp³-hybridized carbons (Fsp3) is 0.133. The fourth-order valence-corrected chi connectivity index (χ4v) is 2.95. The number of sulfonamides is 1. The number of halogens is 2. The molecule has 23 heavy (non-hydrogen) atoms. The lowest BCUT2D eigenvalue weighted by Crippen LogP contribution is -2.15. The molecule has 0 aliphatic heterocycles. The molecule has 2 aromatic carbocycles. The lowest BCUT2D eigenvalue weighted by atomic mass is 10.1. The van der Waals surface area contributed by atoms with Gasteiger partial charge < -0.3 is 4.74 Å². The minimum absolute atomic E-state index is 0.0978. The van der Waals surface area contributed by atoms with Crippen molar-refractivity contribution in [3.8, 4) is 0 Å². The molecule has 122 valence electrons. The third kappa shape index (κ3) is 3.65. The number of aryl methyl sites for hydroxylation is 1. The van der Waals surface area contributed by atoms with Crippen molar-refractivity contribution >= 4 is 21.7 Å². The Morgan fingerprint density at radius 2 is 1.78 bits per heavy atom. The smallest absolute Gasteiger partial charge is 0.338 e. The highest BCUT2D eigenvalue weighted by atomic mass is 32.2. The van der Waals surface area contributed by atoms with Crippen molar-refractivity contribution in [2.24, 2.45) is 0 Å². The highest BCUT2D eigenvalue weighted by molar-refractivity contribution is 7.92. The number of ether oxygens (including phenoxy) is 1. The second kappa shape index (κ2) is 6.33. The molecule has 2 rings (SSSR count). The van der Waals surface area contributed by atoms with Crippen LogP contribution in [-0.2, 0) is 14.8 Å². The zero-order valence-electron chi connectivity index (χ0n) is 12.3. The summed E-state index contributed by atoms with van der Waals surface area (Å²) in [5.74, 6) is -2.94. The third-order valence-corrected chi connectivity index (χ3v) is 4.48. The van der Waals surface area contributed by atoms with Gasteiger partial charge in [-0.15, -0.1) is 0 Å². The SMILES string of the molecule is COC(=O)c1cc(S(=O)(=O)Nc2ccc(F)c(F)c2)ccc1C. The first-order valence-electron chi connectivity index (χ1n) is 6.41. The molecule has 0 atom stereocenters. The zero-order chi connectivity index (χ0) is 17.2. The largest absolute Gasteiger partial charge is 0.465 e. The van der Waals surface area contributed by atoms with Crippen LogP contribution < -0.4 is 4.72 Å². The predicted molar refractivity (Wildman–Crippen MR) is 79.7 cm³/mol.